The summed E-state index contributed by atoms with van der Waals surface area (Å²) >= 11 is 6.59. The Morgan fingerprint density at radius 3 is 2.33 bits per heavy atom. The minimum Gasteiger partial charge on any atom is -0.507 e. The normalized spacial score (nSPS) is 18.7. The molecule has 64 heavy (non-hydrogen) atoms. The first kappa shape index (κ1) is 45.7. The molecule has 0 aliphatic carbocycles. The lowest BCUT2D eigenvalue weighted by Crippen LogP contribution is -2.58. The predicted octanol–water partition coefficient (Wildman–Crippen LogP) is 4.49. The third kappa shape index (κ3) is 9.47. The van der Waals surface area contributed by atoms with E-state index in [4.69, 9.17) is 30.5 Å². The van der Waals surface area contributed by atoms with Gasteiger partial charge in [0.05, 0.1) is 61.4 Å². The molecule has 17 nitrogen and oxygen atoms in total. The first-order chi connectivity index (χ1) is 30.8. The highest BCUT2D eigenvalue weighted by Crippen LogP contribution is 2.43. The van der Waals surface area contributed by atoms with Crippen LogP contribution in [0.25, 0.3) is 22.0 Å². The number of piperazine rings is 1. The minimum atomic E-state index is -1.06. The van der Waals surface area contributed by atoms with Crippen molar-refractivity contribution >= 4 is 63.5 Å². The number of imide groups is 2. The quantitative estimate of drug-likeness (QED) is 0.0717. The summed E-state index contributed by atoms with van der Waals surface area (Å²) in [5.41, 5.74) is -0.247. The number of hydrogen-bond acceptors (Lipinski definition) is 14. The molecule has 3 aliphatic rings. The largest absolute Gasteiger partial charge is 0.507 e. The molecule has 5 amide bonds. The van der Waals surface area contributed by atoms with E-state index in [1.807, 2.05) is 18.7 Å². The van der Waals surface area contributed by atoms with Crippen LogP contribution in [0.3, 0.4) is 0 Å². The van der Waals surface area contributed by atoms with E-state index in [0.29, 0.717) is 25.3 Å². The van der Waals surface area contributed by atoms with Crippen molar-refractivity contribution in [1.29, 1.82) is 0 Å². The second kappa shape index (κ2) is 20.0. The van der Waals surface area contributed by atoms with Crippen LogP contribution in [0.4, 0.5) is 20.3 Å². The van der Waals surface area contributed by atoms with Gasteiger partial charge >= 0.3 is 6.01 Å². The third-order valence-corrected chi connectivity index (χ3v) is 11.3. The van der Waals surface area contributed by atoms with Crippen LogP contribution in [0.2, 0.25) is 5.02 Å². The van der Waals surface area contributed by atoms with Crippen molar-refractivity contribution in [3.63, 3.8) is 0 Å². The van der Waals surface area contributed by atoms with Crippen LogP contribution in [-0.2, 0) is 28.6 Å². The molecular weight excluding hydrogens is 860 g/mol. The van der Waals surface area contributed by atoms with Crippen LogP contribution in [0.15, 0.2) is 55.1 Å². The van der Waals surface area contributed by atoms with Gasteiger partial charge in [0.15, 0.2) is 5.82 Å². The molecule has 4 heterocycles. The number of rotatable bonds is 18. The Morgan fingerprint density at radius 2 is 1.62 bits per heavy atom. The molecule has 1 unspecified atom stereocenters. The van der Waals surface area contributed by atoms with Crippen LogP contribution in [-0.4, -0.2) is 138 Å². The maximum atomic E-state index is 16.5. The Balaban J connectivity index is 0.886. The molecule has 2 fully saturated rings. The van der Waals surface area contributed by atoms with Crippen LogP contribution >= 0.6 is 11.6 Å². The van der Waals surface area contributed by atoms with Gasteiger partial charge in [-0.15, -0.1) is 0 Å². The van der Waals surface area contributed by atoms with E-state index in [1.165, 1.54) is 30.3 Å². The number of hydrogen-bond donors (Lipinski definition) is 3. The first-order valence-electron chi connectivity index (χ1n) is 20.6. The van der Waals surface area contributed by atoms with E-state index < -0.39 is 52.6 Å². The van der Waals surface area contributed by atoms with Crippen LogP contribution in [0.1, 0.15) is 47.4 Å². The molecule has 3 aromatic carbocycles. The van der Waals surface area contributed by atoms with Gasteiger partial charge in [-0.25, -0.2) is 8.78 Å². The van der Waals surface area contributed by atoms with E-state index in [1.54, 1.807) is 17.0 Å². The van der Waals surface area contributed by atoms with Gasteiger partial charge in [-0.2, -0.15) is 9.97 Å². The van der Waals surface area contributed by atoms with Crippen LogP contribution in [0, 0.1) is 11.6 Å². The Morgan fingerprint density at radius 1 is 0.922 bits per heavy atom. The van der Waals surface area contributed by atoms with Crippen molar-refractivity contribution in [2.45, 2.75) is 44.8 Å². The zero-order valence-electron chi connectivity index (χ0n) is 35.0. The van der Waals surface area contributed by atoms with Crippen LogP contribution < -0.4 is 20.3 Å². The third-order valence-electron chi connectivity index (χ3n) is 11.0. The van der Waals surface area contributed by atoms with E-state index in [9.17, 15) is 33.5 Å². The van der Waals surface area contributed by atoms with Crippen molar-refractivity contribution in [3.8, 4) is 22.9 Å². The number of nitrogens with one attached hydrogen (secondary N) is 2. The Bertz CT molecular complexity index is 2470. The highest BCUT2D eigenvalue weighted by Gasteiger charge is 2.45. The number of aromatic nitrogens is 2. The summed E-state index contributed by atoms with van der Waals surface area (Å²) in [7, 11) is 0. The molecule has 3 N–H and O–H groups in total. The molecule has 2 saturated heterocycles. The Hall–Kier alpha value is -6.28. The number of amides is 5. The van der Waals surface area contributed by atoms with E-state index in [0.717, 1.165) is 11.0 Å². The summed E-state index contributed by atoms with van der Waals surface area (Å²) < 4.78 is 54.2. The maximum absolute atomic E-state index is 16.5. The van der Waals surface area contributed by atoms with Gasteiger partial charge in [0.1, 0.15) is 35.6 Å². The van der Waals surface area contributed by atoms with Gasteiger partial charge in [-0.1, -0.05) is 30.3 Å². The smallest absolute Gasteiger partial charge is 0.319 e. The summed E-state index contributed by atoms with van der Waals surface area (Å²) in [6.45, 7) is 9.61. The molecular formula is C44H46ClF2N7O10. The van der Waals surface area contributed by atoms with Gasteiger partial charge in [0, 0.05) is 54.8 Å². The molecule has 4 aromatic rings. The fourth-order valence-corrected chi connectivity index (χ4v) is 8.22. The van der Waals surface area contributed by atoms with E-state index in [-0.39, 0.29) is 122 Å². The van der Waals surface area contributed by atoms with Gasteiger partial charge in [0.25, 0.3) is 11.8 Å². The number of carbonyl (C=O) groups is 5. The molecule has 338 valence electrons. The fourth-order valence-electron chi connectivity index (χ4n) is 7.93. The van der Waals surface area contributed by atoms with E-state index in [2.05, 4.69) is 27.2 Å². The molecule has 0 spiro atoms. The van der Waals surface area contributed by atoms with Crippen molar-refractivity contribution in [3.05, 3.63) is 82.9 Å². The number of fused-ring (bicyclic) bond motifs is 2. The Kier molecular flexibility index (Phi) is 14.3. The second-order valence-electron chi connectivity index (χ2n) is 15.2. The zero-order chi connectivity index (χ0) is 45.7. The highest BCUT2D eigenvalue weighted by atomic mass is 35.5. The summed E-state index contributed by atoms with van der Waals surface area (Å²) in [4.78, 5) is 76.3. The number of carbonyl (C=O) groups excluding carboxylic acids is 5. The number of piperidine rings is 1. The number of aromatic hydroxyl groups is 1. The van der Waals surface area contributed by atoms with E-state index >= 15 is 4.39 Å². The SMILES string of the molecule is C=CC(=O)N1C[C@H](C)N(c2nc(OCCOCCOCCOCCNc3cccc4c3C(=O)N(C3CCC(=O)NC3=O)C4=O)nc3c(F)c(-c4c(O)cccc4F)c(Cl)cc23)C[C@H]1C. The van der Waals surface area contributed by atoms with Gasteiger partial charge in [-0.05, 0) is 56.7 Å². The van der Waals surface area contributed by atoms with Gasteiger partial charge < -0.3 is 39.2 Å². The second-order valence-corrected chi connectivity index (χ2v) is 15.6. The number of phenols is 1. The maximum Gasteiger partial charge on any atom is 0.319 e. The van der Waals surface area contributed by atoms with Crippen molar-refractivity contribution in [1.82, 2.24) is 25.1 Å². The molecule has 20 heteroatoms. The standard InChI is InChI=1S/C44H46ClF2N7O10/c1-4-34(57)52-22-25(3)53(23-24(52)2)40-27-21-28(45)36(37-29(46)8-6-10-32(37)55)38(47)39(27)50-44(51-40)64-20-19-63-18-17-62-16-15-61-14-13-48-30-9-5-7-26-35(30)43(60)54(42(26)59)31-11-12-33(56)49-41(31)58/h4-10,21,24-25,31,48,55H,1,11-20,22-23H2,2-3H3,(H,49,56,58)/t24-,25+,31?/m1/s1. The molecule has 1 aromatic heterocycles. The van der Waals surface area contributed by atoms with Crippen molar-refractivity contribution in [2.75, 3.05) is 76.1 Å². The van der Waals surface area contributed by atoms with Crippen LogP contribution in [0.5, 0.6) is 11.8 Å². The fraction of sp³-hybridized carbons (Fsp3) is 0.386. The number of ether oxygens (including phenoxy) is 4. The summed E-state index contributed by atoms with van der Waals surface area (Å²) in [5, 5.41) is 15.8. The summed E-state index contributed by atoms with van der Waals surface area (Å²) in [6, 6.07) is 8.03. The Labute approximate surface area is 371 Å². The number of phenolic OH excluding ortho intramolecular Hbond substituents is 1. The number of halogens is 3. The van der Waals surface area contributed by atoms with Crippen molar-refractivity contribution in [2.24, 2.45) is 0 Å². The lowest BCUT2D eigenvalue weighted by Gasteiger charge is -2.44. The average Bonchev–Trinajstić information content (AvgIpc) is 3.52. The molecule has 7 rings (SSSR count). The van der Waals surface area contributed by atoms with Gasteiger partial charge in [-0.3, -0.25) is 34.2 Å². The number of benzene rings is 3. The van der Waals surface area contributed by atoms with Crippen molar-refractivity contribution < 1.29 is 56.8 Å². The zero-order valence-corrected chi connectivity index (χ0v) is 35.8. The molecule has 3 aliphatic heterocycles. The molecule has 3 atom stereocenters. The molecule has 0 bridgehead atoms. The topological polar surface area (TPSA) is 202 Å². The highest BCUT2D eigenvalue weighted by molar-refractivity contribution is 6.34. The number of anilines is 2. The number of nitrogens with zero attached hydrogens (tertiary/aromatic N) is 5. The lowest BCUT2D eigenvalue weighted by atomic mass is 10.0. The first-order valence-corrected chi connectivity index (χ1v) is 21.0. The lowest BCUT2D eigenvalue weighted by molar-refractivity contribution is -0.136. The molecule has 0 saturated carbocycles. The monoisotopic (exact) mass is 905 g/mol. The van der Waals surface area contributed by atoms with Gasteiger partial charge in [0.2, 0.25) is 17.7 Å². The average molecular weight is 906 g/mol. The summed E-state index contributed by atoms with van der Waals surface area (Å²) in [5.74, 6) is -4.63. The summed E-state index contributed by atoms with van der Waals surface area (Å²) in [6.07, 6.45) is 1.35. The predicted molar refractivity (Wildman–Crippen MR) is 229 cm³/mol. The molecule has 0 radical (unpaired) electrons. The minimum absolute atomic E-state index is 0.0237.